The minimum Gasteiger partial charge on any atom is -0.393 e. The average Bonchev–Trinajstić information content (AvgIpc) is 1.87. The molecule has 0 heterocycles. The molecule has 0 fully saturated rings. The second kappa shape index (κ2) is 6.96. The van der Waals surface area contributed by atoms with Crippen LogP contribution in [-0.4, -0.2) is 18.2 Å². The number of hydrogen-bond acceptors (Lipinski definition) is 2. The Balaban J connectivity index is 2.84. The third-order valence-corrected chi connectivity index (χ3v) is 1.26. The van der Waals surface area contributed by atoms with E-state index < -0.39 is 0 Å². The maximum Gasteiger partial charge on any atom is 0.0728 e. The third kappa shape index (κ3) is 7.85. The normalized spacial score (nSPS) is 9.70. The van der Waals surface area contributed by atoms with Gasteiger partial charge in [0.05, 0.1) is 4.99 Å². The van der Waals surface area contributed by atoms with E-state index in [2.05, 4.69) is 6.92 Å². The van der Waals surface area contributed by atoms with Gasteiger partial charge >= 0.3 is 0 Å². The van der Waals surface area contributed by atoms with Gasteiger partial charge in [0.1, 0.15) is 0 Å². The van der Waals surface area contributed by atoms with Crippen LogP contribution in [-0.2, 0) is 4.74 Å². The molecule has 0 aliphatic heterocycles. The van der Waals surface area contributed by atoms with Crippen molar-refractivity contribution in [2.24, 2.45) is 5.73 Å². The zero-order chi connectivity index (χ0) is 7.82. The molecule has 0 unspecified atom stereocenters. The van der Waals surface area contributed by atoms with Crippen LogP contribution in [0.2, 0.25) is 0 Å². The molecule has 0 rings (SSSR count). The van der Waals surface area contributed by atoms with Crippen LogP contribution in [0.15, 0.2) is 0 Å². The van der Waals surface area contributed by atoms with Crippen LogP contribution >= 0.6 is 12.2 Å². The van der Waals surface area contributed by atoms with Gasteiger partial charge in [0.15, 0.2) is 0 Å². The summed E-state index contributed by atoms with van der Waals surface area (Å²) in [5.41, 5.74) is 5.28. The summed E-state index contributed by atoms with van der Waals surface area (Å²) in [4.78, 5) is 0.583. The van der Waals surface area contributed by atoms with Crippen LogP contribution < -0.4 is 5.73 Å². The van der Waals surface area contributed by atoms with Crippen LogP contribution in [0.5, 0.6) is 0 Å². The van der Waals surface area contributed by atoms with E-state index in [1.54, 1.807) is 0 Å². The second-order valence-corrected chi connectivity index (χ2v) is 2.71. The van der Waals surface area contributed by atoms with E-state index in [0.717, 1.165) is 32.5 Å². The highest BCUT2D eigenvalue weighted by atomic mass is 32.1. The van der Waals surface area contributed by atoms with Crippen molar-refractivity contribution in [1.82, 2.24) is 0 Å². The fourth-order valence-corrected chi connectivity index (χ4v) is 0.739. The Bertz CT molecular complexity index is 95.6. The molecule has 2 nitrogen and oxygen atoms in total. The van der Waals surface area contributed by atoms with Crippen molar-refractivity contribution in [2.45, 2.75) is 26.2 Å². The van der Waals surface area contributed by atoms with E-state index in [1.165, 1.54) is 0 Å². The van der Waals surface area contributed by atoms with Gasteiger partial charge in [-0.2, -0.15) is 0 Å². The second-order valence-electron chi connectivity index (χ2n) is 2.18. The van der Waals surface area contributed by atoms with Crippen LogP contribution in [0, 0.1) is 0 Å². The first-order valence-corrected chi connectivity index (χ1v) is 4.04. The van der Waals surface area contributed by atoms with Crippen molar-refractivity contribution < 1.29 is 4.74 Å². The molecular formula is C7H15NOS. The van der Waals surface area contributed by atoms with Gasteiger partial charge in [-0.05, 0) is 19.3 Å². The van der Waals surface area contributed by atoms with E-state index in [4.69, 9.17) is 22.7 Å². The molecule has 0 aromatic rings. The Morgan fingerprint density at radius 3 is 2.70 bits per heavy atom. The molecule has 0 aromatic carbocycles. The summed E-state index contributed by atoms with van der Waals surface area (Å²) in [7, 11) is 0. The van der Waals surface area contributed by atoms with Crippen molar-refractivity contribution in [1.29, 1.82) is 0 Å². The lowest BCUT2D eigenvalue weighted by Gasteiger charge is -2.00. The highest BCUT2D eigenvalue weighted by molar-refractivity contribution is 7.80. The minimum absolute atomic E-state index is 0.583. The summed E-state index contributed by atoms with van der Waals surface area (Å²) in [5.74, 6) is 0. The molecular weight excluding hydrogens is 146 g/mol. The third-order valence-electron chi connectivity index (χ3n) is 1.06. The fourth-order valence-electron chi connectivity index (χ4n) is 0.595. The van der Waals surface area contributed by atoms with Gasteiger partial charge in [-0.3, -0.25) is 0 Å². The SMILES string of the molecule is CCCOCCCC(N)=S. The summed E-state index contributed by atoms with van der Waals surface area (Å²) in [6, 6.07) is 0. The molecule has 0 radical (unpaired) electrons. The summed E-state index contributed by atoms with van der Waals surface area (Å²) >= 11 is 4.70. The number of rotatable bonds is 6. The van der Waals surface area contributed by atoms with Gasteiger partial charge in [-0.15, -0.1) is 0 Å². The first-order valence-electron chi connectivity index (χ1n) is 3.63. The van der Waals surface area contributed by atoms with Gasteiger partial charge < -0.3 is 10.5 Å². The van der Waals surface area contributed by atoms with Crippen molar-refractivity contribution in [3.63, 3.8) is 0 Å². The molecule has 0 saturated heterocycles. The summed E-state index contributed by atoms with van der Waals surface area (Å²) in [5, 5.41) is 0. The molecule has 0 bridgehead atoms. The lowest BCUT2D eigenvalue weighted by molar-refractivity contribution is 0.134. The van der Waals surface area contributed by atoms with E-state index in [9.17, 15) is 0 Å². The van der Waals surface area contributed by atoms with Crippen LogP contribution in [0.25, 0.3) is 0 Å². The molecule has 10 heavy (non-hydrogen) atoms. The van der Waals surface area contributed by atoms with E-state index in [-0.39, 0.29) is 0 Å². The van der Waals surface area contributed by atoms with Crippen LogP contribution in [0.4, 0.5) is 0 Å². The van der Waals surface area contributed by atoms with Gasteiger partial charge in [0.2, 0.25) is 0 Å². The number of thiocarbonyl (C=S) groups is 1. The van der Waals surface area contributed by atoms with E-state index in [0.29, 0.717) is 4.99 Å². The van der Waals surface area contributed by atoms with Gasteiger partial charge in [-0.25, -0.2) is 0 Å². The fraction of sp³-hybridized carbons (Fsp3) is 0.857. The molecule has 60 valence electrons. The highest BCUT2D eigenvalue weighted by Crippen LogP contribution is 1.90. The Morgan fingerprint density at radius 1 is 1.50 bits per heavy atom. The Hall–Kier alpha value is -0.150. The van der Waals surface area contributed by atoms with Crippen molar-refractivity contribution in [2.75, 3.05) is 13.2 Å². The van der Waals surface area contributed by atoms with E-state index in [1.807, 2.05) is 0 Å². The summed E-state index contributed by atoms with van der Waals surface area (Å²) < 4.78 is 5.22. The number of ether oxygens (including phenoxy) is 1. The predicted octanol–water partition coefficient (Wildman–Crippen LogP) is 1.48. The average molecular weight is 161 g/mol. The van der Waals surface area contributed by atoms with Crippen molar-refractivity contribution in [3.05, 3.63) is 0 Å². The quantitative estimate of drug-likeness (QED) is 0.473. The van der Waals surface area contributed by atoms with Gasteiger partial charge in [-0.1, -0.05) is 19.1 Å². The maximum absolute atomic E-state index is 5.28. The van der Waals surface area contributed by atoms with Gasteiger partial charge in [0, 0.05) is 13.2 Å². The molecule has 0 atom stereocenters. The Labute approximate surface area is 67.7 Å². The molecule has 0 aromatic heterocycles. The number of nitrogens with two attached hydrogens (primary N) is 1. The molecule has 0 saturated carbocycles. The van der Waals surface area contributed by atoms with Crippen LogP contribution in [0.3, 0.4) is 0 Å². The largest absolute Gasteiger partial charge is 0.393 e. The lowest BCUT2D eigenvalue weighted by atomic mass is 10.3. The molecule has 2 N–H and O–H groups in total. The topological polar surface area (TPSA) is 35.2 Å². The smallest absolute Gasteiger partial charge is 0.0728 e. The molecule has 0 aliphatic rings. The van der Waals surface area contributed by atoms with E-state index >= 15 is 0 Å². The predicted molar refractivity (Wildman–Crippen MR) is 47.1 cm³/mol. The van der Waals surface area contributed by atoms with Crippen LogP contribution in [0.1, 0.15) is 26.2 Å². The Kier molecular flexibility index (Phi) is 6.86. The maximum atomic E-state index is 5.28. The van der Waals surface area contributed by atoms with Crippen molar-refractivity contribution in [3.8, 4) is 0 Å². The first-order chi connectivity index (χ1) is 4.77. The monoisotopic (exact) mass is 161 g/mol. The number of hydrogen-bond donors (Lipinski definition) is 1. The summed E-state index contributed by atoms with van der Waals surface area (Å²) in [6.07, 6.45) is 2.83. The molecule has 0 aliphatic carbocycles. The minimum atomic E-state index is 0.583. The standard InChI is InChI=1S/C7H15NOS/c1-2-5-9-6-3-4-7(8)10/h2-6H2,1H3,(H2,8,10). The first kappa shape index (κ1) is 9.85. The lowest BCUT2D eigenvalue weighted by Crippen LogP contribution is -2.08. The van der Waals surface area contributed by atoms with Gasteiger partial charge in [0.25, 0.3) is 0 Å². The summed E-state index contributed by atoms with van der Waals surface area (Å²) in [6.45, 7) is 3.72. The zero-order valence-electron chi connectivity index (χ0n) is 6.43. The molecule has 0 spiro atoms. The Morgan fingerprint density at radius 2 is 2.20 bits per heavy atom. The zero-order valence-corrected chi connectivity index (χ0v) is 7.25. The highest BCUT2D eigenvalue weighted by Gasteiger charge is 1.89. The molecule has 0 amide bonds. The molecule has 3 heteroatoms. The van der Waals surface area contributed by atoms with Crippen molar-refractivity contribution >= 4 is 17.2 Å².